The highest BCUT2D eigenvalue weighted by atomic mass is 19.1. The summed E-state index contributed by atoms with van der Waals surface area (Å²) in [6.45, 7) is 3.52. The monoisotopic (exact) mass is 431 g/mol. The lowest BCUT2D eigenvalue weighted by molar-refractivity contribution is -0.150. The van der Waals surface area contributed by atoms with Gasteiger partial charge in [-0.25, -0.2) is 4.39 Å². The van der Waals surface area contributed by atoms with Crippen LogP contribution < -0.4 is 0 Å². The van der Waals surface area contributed by atoms with Crippen LogP contribution in [0, 0.1) is 5.82 Å². The number of piperazine rings is 1. The first-order valence-corrected chi connectivity index (χ1v) is 10.9. The molecule has 164 valence electrons. The summed E-state index contributed by atoms with van der Waals surface area (Å²) in [5, 5.41) is 0. The predicted octanol–water partition coefficient (Wildman–Crippen LogP) is 3.73. The Balaban J connectivity index is 1.63. The Morgan fingerprint density at radius 2 is 1.94 bits per heavy atom. The molecule has 1 aliphatic rings. The van der Waals surface area contributed by atoms with Crippen molar-refractivity contribution in [2.75, 3.05) is 19.6 Å². The molecular weight excluding hydrogens is 405 g/mol. The van der Waals surface area contributed by atoms with Gasteiger partial charge in [0.05, 0.1) is 6.42 Å². The molecule has 0 aliphatic carbocycles. The summed E-state index contributed by atoms with van der Waals surface area (Å²) in [6.07, 6.45) is 4.00. The number of nitrogens with zero attached hydrogens (tertiary/aromatic N) is 3. The molecule has 3 aromatic rings. The molecule has 2 heterocycles. The van der Waals surface area contributed by atoms with Crippen molar-refractivity contribution in [3.63, 3.8) is 0 Å². The highest BCUT2D eigenvalue weighted by Gasteiger charge is 2.37. The van der Waals surface area contributed by atoms with E-state index in [-0.39, 0.29) is 24.1 Å². The van der Waals surface area contributed by atoms with Gasteiger partial charge < -0.3 is 9.80 Å². The molecule has 0 spiro atoms. The molecule has 4 rings (SSSR count). The van der Waals surface area contributed by atoms with Gasteiger partial charge in [-0.3, -0.25) is 14.6 Å². The molecule has 0 saturated carbocycles. The van der Waals surface area contributed by atoms with E-state index in [2.05, 4.69) is 4.98 Å². The Morgan fingerprint density at radius 3 is 2.69 bits per heavy atom. The molecule has 1 fully saturated rings. The van der Waals surface area contributed by atoms with Crippen molar-refractivity contribution >= 4 is 11.8 Å². The van der Waals surface area contributed by atoms with Gasteiger partial charge in [-0.1, -0.05) is 42.5 Å². The average Bonchev–Trinajstić information content (AvgIpc) is 2.81. The van der Waals surface area contributed by atoms with E-state index in [9.17, 15) is 14.0 Å². The van der Waals surface area contributed by atoms with E-state index in [4.69, 9.17) is 0 Å². The van der Waals surface area contributed by atoms with Gasteiger partial charge in [0, 0.05) is 44.0 Å². The van der Waals surface area contributed by atoms with Crippen molar-refractivity contribution in [1.82, 2.24) is 14.8 Å². The van der Waals surface area contributed by atoms with E-state index in [0.717, 1.165) is 16.7 Å². The minimum absolute atomic E-state index is 0.0488. The Kier molecular flexibility index (Phi) is 6.59. The van der Waals surface area contributed by atoms with E-state index in [1.807, 2.05) is 43.3 Å². The van der Waals surface area contributed by atoms with E-state index in [1.165, 1.54) is 12.1 Å². The first-order valence-electron chi connectivity index (χ1n) is 10.9. The van der Waals surface area contributed by atoms with Gasteiger partial charge in [-0.15, -0.1) is 0 Å². The van der Waals surface area contributed by atoms with Gasteiger partial charge in [-0.05, 0) is 41.8 Å². The summed E-state index contributed by atoms with van der Waals surface area (Å²) >= 11 is 0. The Labute approximate surface area is 187 Å². The maximum atomic E-state index is 13.6. The molecule has 0 N–H and O–H groups in total. The lowest BCUT2D eigenvalue weighted by Gasteiger charge is -2.40. The van der Waals surface area contributed by atoms with Crippen LogP contribution in [0.25, 0.3) is 11.1 Å². The van der Waals surface area contributed by atoms with Gasteiger partial charge in [0.15, 0.2) is 0 Å². The van der Waals surface area contributed by atoms with Crippen LogP contribution in [0.15, 0.2) is 73.1 Å². The van der Waals surface area contributed by atoms with Crippen molar-refractivity contribution in [2.24, 2.45) is 0 Å². The predicted molar refractivity (Wildman–Crippen MR) is 121 cm³/mol. The molecular formula is C26H26FN3O2. The number of hydrogen-bond acceptors (Lipinski definition) is 3. The van der Waals surface area contributed by atoms with Gasteiger partial charge in [0.2, 0.25) is 11.8 Å². The zero-order chi connectivity index (χ0) is 22.5. The second-order valence-electron chi connectivity index (χ2n) is 7.93. The molecule has 5 nitrogen and oxygen atoms in total. The largest absolute Gasteiger partial charge is 0.339 e. The molecule has 0 radical (unpaired) electrons. The van der Waals surface area contributed by atoms with E-state index < -0.39 is 6.04 Å². The molecule has 1 atom stereocenters. The number of amides is 2. The smallest absolute Gasteiger partial charge is 0.245 e. The van der Waals surface area contributed by atoms with Crippen LogP contribution in [-0.4, -0.2) is 52.3 Å². The van der Waals surface area contributed by atoms with Gasteiger partial charge in [0.25, 0.3) is 0 Å². The molecule has 1 aromatic heterocycles. The third-order valence-electron chi connectivity index (χ3n) is 5.93. The molecule has 6 heteroatoms. The topological polar surface area (TPSA) is 53.5 Å². The Morgan fingerprint density at radius 1 is 1.09 bits per heavy atom. The molecule has 0 unspecified atom stereocenters. The minimum Gasteiger partial charge on any atom is -0.339 e. The van der Waals surface area contributed by atoms with Crippen LogP contribution in [0.5, 0.6) is 0 Å². The molecule has 0 bridgehead atoms. The van der Waals surface area contributed by atoms with Crippen LogP contribution in [-0.2, 0) is 22.4 Å². The lowest BCUT2D eigenvalue weighted by atomic mass is 9.93. The number of aromatic nitrogens is 1. The van der Waals surface area contributed by atoms with Crippen molar-refractivity contribution in [1.29, 1.82) is 0 Å². The average molecular weight is 432 g/mol. The molecule has 1 aliphatic heterocycles. The number of halogens is 1. The highest BCUT2D eigenvalue weighted by molar-refractivity contribution is 5.90. The standard InChI is InChI=1S/C26H26FN3O2/c1-2-29-13-14-30(25(31)16-19-7-5-10-22(27)15-19)24(26(29)32)17-20-8-3-4-11-23(20)21-9-6-12-28-18-21/h3-12,15,18,24H,2,13-14,16-17H2,1H3/t24-/m0/s1. The van der Waals surface area contributed by atoms with Crippen LogP contribution in [0.3, 0.4) is 0 Å². The first-order chi connectivity index (χ1) is 15.6. The molecule has 2 aromatic carbocycles. The van der Waals surface area contributed by atoms with Gasteiger partial charge in [-0.2, -0.15) is 0 Å². The summed E-state index contributed by atoms with van der Waals surface area (Å²) in [6, 6.07) is 17.2. The maximum absolute atomic E-state index is 13.6. The van der Waals surface area contributed by atoms with Crippen LogP contribution in [0.4, 0.5) is 4.39 Å². The molecule has 2 amide bonds. The SMILES string of the molecule is CCN1CCN(C(=O)Cc2cccc(F)c2)[C@@H](Cc2ccccc2-c2cccnc2)C1=O. The van der Waals surface area contributed by atoms with Crippen molar-refractivity contribution in [3.05, 3.63) is 90.0 Å². The lowest BCUT2D eigenvalue weighted by Crippen LogP contribution is -2.59. The molecule has 32 heavy (non-hydrogen) atoms. The van der Waals surface area contributed by atoms with Crippen molar-refractivity contribution in [2.45, 2.75) is 25.8 Å². The zero-order valence-corrected chi connectivity index (χ0v) is 18.1. The summed E-state index contributed by atoms with van der Waals surface area (Å²) in [5.74, 6) is -0.583. The normalized spacial score (nSPS) is 16.3. The van der Waals surface area contributed by atoms with Crippen molar-refractivity contribution < 1.29 is 14.0 Å². The quantitative estimate of drug-likeness (QED) is 0.598. The summed E-state index contributed by atoms with van der Waals surface area (Å²) in [7, 11) is 0. The first kappa shape index (κ1) is 21.7. The van der Waals surface area contributed by atoms with Gasteiger partial charge in [0.1, 0.15) is 11.9 Å². The zero-order valence-electron chi connectivity index (χ0n) is 18.1. The summed E-state index contributed by atoms with van der Waals surface area (Å²) in [5.41, 5.74) is 3.56. The number of pyridine rings is 1. The number of likely N-dealkylation sites (N-methyl/N-ethyl adjacent to an activating group) is 1. The van der Waals surface area contributed by atoms with Crippen LogP contribution >= 0.6 is 0 Å². The number of hydrogen-bond donors (Lipinski definition) is 0. The highest BCUT2D eigenvalue weighted by Crippen LogP contribution is 2.26. The van der Waals surface area contributed by atoms with Crippen LogP contribution in [0.1, 0.15) is 18.1 Å². The summed E-state index contributed by atoms with van der Waals surface area (Å²) in [4.78, 5) is 34.2. The fourth-order valence-corrected chi connectivity index (χ4v) is 4.28. The van der Waals surface area contributed by atoms with E-state index >= 15 is 0 Å². The third kappa shape index (κ3) is 4.69. The Hall–Kier alpha value is -3.54. The van der Waals surface area contributed by atoms with Gasteiger partial charge >= 0.3 is 0 Å². The van der Waals surface area contributed by atoms with Crippen molar-refractivity contribution in [3.8, 4) is 11.1 Å². The number of carbonyl (C=O) groups excluding carboxylic acids is 2. The van der Waals surface area contributed by atoms with E-state index in [1.54, 1.807) is 34.3 Å². The minimum atomic E-state index is -0.595. The summed E-state index contributed by atoms with van der Waals surface area (Å²) < 4.78 is 13.6. The fraction of sp³-hybridized carbons (Fsp3) is 0.269. The number of carbonyl (C=O) groups is 2. The second-order valence-corrected chi connectivity index (χ2v) is 7.93. The van der Waals surface area contributed by atoms with E-state index in [0.29, 0.717) is 31.6 Å². The third-order valence-corrected chi connectivity index (χ3v) is 5.93. The number of benzene rings is 2. The number of rotatable bonds is 6. The van der Waals surface area contributed by atoms with Crippen LogP contribution in [0.2, 0.25) is 0 Å². The second kappa shape index (κ2) is 9.73. The fourth-order valence-electron chi connectivity index (χ4n) is 4.28. The Bertz CT molecular complexity index is 1100. The molecule has 1 saturated heterocycles. The maximum Gasteiger partial charge on any atom is 0.245 e.